The number of phenols is 1. The van der Waals surface area contributed by atoms with Crippen molar-refractivity contribution in [2.24, 2.45) is 11.8 Å². The molecule has 5 atom stereocenters. The number of aromatic amines is 1. The van der Waals surface area contributed by atoms with E-state index in [1.165, 1.54) is 16.8 Å². The van der Waals surface area contributed by atoms with Crippen LogP contribution in [0.5, 0.6) is 5.75 Å². The molecule has 4 aliphatic rings. The molecule has 0 amide bonds. The molecular weight excluding hydrogens is 300 g/mol. The van der Waals surface area contributed by atoms with Gasteiger partial charge < -0.3 is 19.7 Å². The second-order valence-corrected chi connectivity index (χ2v) is 8.09. The zero-order valence-corrected chi connectivity index (χ0v) is 14.3. The SMILES string of the molecule is C/C=C1/C[N+]2(C)C3Cc4c([nH]c5ccc(O)cc45)[C@@H]2C[C@H]1[C@H]3CO. The van der Waals surface area contributed by atoms with Gasteiger partial charge in [-0.25, -0.2) is 0 Å². The fourth-order valence-corrected chi connectivity index (χ4v) is 6.05. The van der Waals surface area contributed by atoms with Crippen LogP contribution in [0.4, 0.5) is 0 Å². The molecule has 0 radical (unpaired) electrons. The molecule has 4 nitrogen and oxygen atoms in total. The van der Waals surface area contributed by atoms with Gasteiger partial charge >= 0.3 is 0 Å². The van der Waals surface area contributed by atoms with E-state index in [1.807, 2.05) is 12.1 Å². The van der Waals surface area contributed by atoms with Gasteiger partial charge in [-0.2, -0.15) is 0 Å². The average molecular weight is 325 g/mol. The minimum Gasteiger partial charge on any atom is -0.508 e. The minimum absolute atomic E-state index is 0.274. The zero-order chi connectivity index (χ0) is 16.6. The van der Waals surface area contributed by atoms with Gasteiger partial charge in [0, 0.05) is 35.6 Å². The maximum atomic E-state index is 10.1. The summed E-state index contributed by atoms with van der Waals surface area (Å²) in [6.07, 6.45) is 4.39. The number of rotatable bonds is 1. The molecule has 4 bridgehead atoms. The van der Waals surface area contributed by atoms with Crippen molar-refractivity contribution >= 4 is 10.9 Å². The second-order valence-electron chi connectivity index (χ2n) is 8.09. The minimum atomic E-state index is 0.274. The number of H-pyrrole nitrogens is 1. The number of piperidine rings is 3. The van der Waals surface area contributed by atoms with Gasteiger partial charge in [0.15, 0.2) is 0 Å². The van der Waals surface area contributed by atoms with E-state index in [9.17, 15) is 10.2 Å². The Morgan fingerprint density at radius 3 is 2.96 bits per heavy atom. The Kier molecular flexibility index (Phi) is 2.82. The normalized spacial score (nSPS) is 38.7. The molecule has 4 aliphatic heterocycles. The summed E-state index contributed by atoms with van der Waals surface area (Å²) in [7, 11) is 2.38. The van der Waals surface area contributed by atoms with Crippen molar-refractivity contribution < 1.29 is 14.7 Å². The van der Waals surface area contributed by atoms with Crippen LogP contribution in [0.2, 0.25) is 0 Å². The molecule has 1 aromatic carbocycles. The molecule has 1 aromatic heterocycles. The third-order valence-corrected chi connectivity index (χ3v) is 7.21. The summed E-state index contributed by atoms with van der Waals surface area (Å²) in [5, 5.41) is 21.2. The molecule has 0 spiro atoms. The number of likely N-dealkylation sites (N-methyl/N-ethyl adjacent to an activating group) is 1. The second kappa shape index (κ2) is 4.64. The molecule has 0 saturated carbocycles. The number of hydrogen-bond donors (Lipinski definition) is 3. The number of aromatic nitrogens is 1. The van der Waals surface area contributed by atoms with E-state index < -0.39 is 0 Å². The third kappa shape index (κ3) is 1.60. The lowest BCUT2D eigenvalue weighted by Gasteiger charge is -2.62. The number of nitrogens with one attached hydrogen (secondary N) is 1. The third-order valence-electron chi connectivity index (χ3n) is 7.21. The summed E-state index contributed by atoms with van der Waals surface area (Å²) < 4.78 is 1.02. The van der Waals surface area contributed by atoms with Crippen molar-refractivity contribution in [1.29, 1.82) is 0 Å². The fourth-order valence-electron chi connectivity index (χ4n) is 6.05. The first-order valence-corrected chi connectivity index (χ1v) is 9.01. The first-order chi connectivity index (χ1) is 11.6. The van der Waals surface area contributed by atoms with Crippen LogP contribution in [0.1, 0.15) is 30.6 Å². The summed E-state index contributed by atoms with van der Waals surface area (Å²) in [5.74, 6) is 1.20. The Hall–Kier alpha value is -1.78. The lowest BCUT2D eigenvalue weighted by atomic mass is 9.62. The van der Waals surface area contributed by atoms with E-state index in [0.29, 0.717) is 29.7 Å². The number of aliphatic hydroxyl groups is 1. The highest BCUT2D eigenvalue weighted by Gasteiger charge is 2.61. The maximum absolute atomic E-state index is 10.1. The van der Waals surface area contributed by atoms with E-state index in [2.05, 4.69) is 25.0 Å². The van der Waals surface area contributed by atoms with Crippen LogP contribution in [0.3, 0.4) is 0 Å². The van der Waals surface area contributed by atoms with Crippen LogP contribution < -0.4 is 0 Å². The first kappa shape index (κ1) is 14.6. The Morgan fingerprint density at radius 2 is 2.21 bits per heavy atom. The largest absolute Gasteiger partial charge is 0.508 e. The van der Waals surface area contributed by atoms with E-state index in [1.54, 1.807) is 6.07 Å². The van der Waals surface area contributed by atoms with Gasteiger partial charge in [-0.05, 0) is 36.3 Å². The molecule has 4 heteroatoms. The average Bonchev–Trinajstić information content (AvgIpc) is 2.91. The van der Waals surface area contributed by atoms with Crippen LogP contribution in [-0.2, 0) is 6.42 Å². The molecule has 3 saturated heterocycles. The molecule has 126 valence electrons. The van der Waals surface area contributed by atoms with Crippen molar-refractivity contribution in [3.05, 3.63) is 41.1 Å². The molecule has 2 unspecified atom stereocenters. The highest BCUT2D eigenvalue weighted by Crippen LogP contribution is 2.57. The van der Waals surface area contributed by atoms with Gasteiger partial charge in [-0.3, -0.25) is 0 Å². The maximum Gasteiger partial charge on any atom is 0.131 e. The molecule has 2 aromatic rings. The number of aromatic hydroxyl groups is 1. The molecule has 3 N–H and O–H groups in total. The molecule has 5 heterocycles. The quantitative estimate of drug-likeness (QED) is 0.558. The summed E-state index contributed by atoms with van der Waals surface area (Å²) in [5.41, 5.74) is 5.39. The number of hydrogen-bond acceptors (Lipinski definition) is 2. The molecule has 24 heavy (non-hydrogen) atoms. The molecule has 0 aliphatic carbocycles. The van der Waals surface area contributed by atoms with Gasteiger partial charge in [-0.15, -0.1) is 0 Å². The number of aliphatic hydroxyl groups excluding tert-OH is 1. The highest BCUT2D eigenvalue weighted by molar-refractivity contribution is 5.86. The molecular formula is C20H25N2O2+. The van der Waals surface area contributed by atoms with E-state index in [4.69, 9.17) is 0 Å². The lowest BCUT2D eigenvalue weighted by Crippen LogP contribution is -2.70. The van der Waals surface area contributed by atoms with E-state index in [0.717, 1.165) is 34.8 Å². The van der Waals surface area contributed by atoms with Gasteiger partial charge in [0.05, 0.1) is 25.4 Å². The topological polar surface area (TPSA) is 56.2 Å². The smallest absolute Gasteiger partial charge is 0.131 e. The van der Waals surface area contributed by atoms with Gasteiger partial charge in [0.2, 0.25) is 0 Å². The monoisotopic (exact) mass is 325 g/mol. The van der Waals surface area contributed by atoms with Crippen LogP contribution in [0, 0.1) is 11.8 Å². The van der Waals surface area contributed by atoms with Gasteiger partial charge in [0.1, 0.15) is 18.3 Å². The molecule has 6 rings (SSSR count). The molecule has 3 fully saturated rings. The Bertz CT molecular complexity index is 868. The van der Waals surface area contributed by atoms with E-state index in [-0.39, 0.29) is 6.61 Å². The summed E-state index contributed by atoms with van der Waals surface area (Å²) in [6.45, 7) is 3.52. The Labute approximate surface area is 142 Å². The van der Waals surface area contributed by atoms with Crippen molar-refractivity contribution in [3.8, 4) is 5.75 Å². The number of phenolic OH excluding ortho intramolecular Hbond substituents is 1. The highest BCUT2D eigenvalue weighted by atomic mass is 16.3. The number of nitrogens with zero attached hydrogens (tertiary/aromatic N) is 1. The van der Waals surface area contributed by atoms with Crippen molar-refractivity contribution in [2.45, 2.75) is 31.8 Å². The van der Waals surface area contributed by atoms with E-state index >= 15 is 0 Å². The zero-order valence-electron chi connectivity index (χ0n) is 14.3. The number of quaternary nitrogens is 1. The summed E-state index contributed by atoms with van der Waals surface area (Å²) in [4.78, 5) is 3.67. The van der Waals surface area contributed by atoms with Crippen molar-refractivity contribution in [3.63, 3.8) is 0 Å². The summed E-state index contributed by atoms with van der Waals surface area (Å²) in [6, 6.07) is 6.58. The van der Waals surface area contributed by atoms with Gasteiger partial charge in [0.25, 0.3) is 0 Å². The van der Waals surface area contributed by atoms with Crippen LogP contribution >= 0.6 is 0 Å². The predicted molar refractivity (Wildman–Crippen MR) is 93.7 cm³/mol. The number of benzene rings is 1. The van der Waals surface area contributed by atoms with Crippen LogP contribution in [0.25, 0.3) is 10.9 Å². The first-order valence-electron chi connectivity index (χ1n) is 9.01. The standard InChI is InChI=1S/C20H24N2O2/c1-3-11-9-22(2)18-8-15-14-6-12(24)4-5-17(14)21-20(15)19(22)7-13(11)16(18)10-23/h3-6,13,16,18-19,21,23H,7-10H2,1-2H3/p+1/b11-3-/t13-,16-,18?,19+,22?/m1/s1. The number of fused-ring (bicyclic) bond motifs is 4. The van der Waals surface area contributed by atoms with Crippen LogP contribution in [0.15, 0.2) is 29.8 Å². The Balaban J connectivity index is 1.73. The predicted octanol–water partition coefficient (Wildman–Crippen LogP) is 2.87. The number of allylic oxidation sites excluding steroid dienone is 1. The Morgan fingerprint density at radius 1 is 1.38 bits per heavy atom. The van der Waals surface area contributed by atoms with Crippen LogP contribution in [-0.4, -0.2) is 45.9 Å². The van der Waals surface area contributed by atoms with Crippen molar-refractivity contribution in [2.75, 3.05) is 20.2 Å². The lowest BCUT2D eigenvalue weighted by molar-refractivity contribution is -0.978. The van der Waals surface area contributed by atoms with Gasteiger partial charge in [-0.1, -0.05) is 6.08 Å². The fraction of sp³-hybridized carbons (Fsp3) is 0.500. The summed E-state index contributed by atoms with van der Waals surface area (Å²) >= 11 is 0. The van der Waals surface area contributed by atoms with Crippen molar-refractivity contribution in [1.82, 2.24) is 4.98 Å².